The number of hydrazone groups is 1. The van der Waals surface area contributed by atoms with Gasteiger partial charge in [0.05, 0.1) is 20.0 Å². The number of nitrogens with one attached hydrogen (secondary N) is 2. The van der Waals surface area contributed by atoms with Crippen molar-refractivity contribution in [3.05, 3.63) is 29.8 Å². The SMILES string of the molecule is CCNC(=O)C/C(C)=N/NC(=O)Cc1ccc(OC)cc1. The molecule has 2 N–H and O–H groups in total. The quantitative estimate of drug-likeness (QED) is 0.586. The van der Waals surface area contributed by atoms with E-state index in [2.05, 4.69) is 15.8 Å². The van der Waals surface area contributed by atoms with Crippen LogP contribution in [-0.2, 0) is 16.0 Å². The number of hydrogen-bond donors (Lipinski definition) is 2. The van der Waals surface area contributed by atoms with E-state index >= 15 is 0 Å². The first kappa shape index (κ1) is 16.7. The Kier molecular flexibility index (Phi) is 6.94. The van der Waals surface area contributed by atoms with Gasteiger partial charge in [-0.25, -0.2) is 5.43 Å². The fraction of sp³-hybridized carbons (Fsp3) is 0.400. The zero-order valence-corrected chi connectivity index (χ0v) is 12.6. The third kappa shape index (κ3) is 6.56. The lowest BCUT2D eigenvalue weighted by atomic mass is 10.1. The molecule has 0 aliphatic heterocycles. The normalized spacial score (nSPS) is 10.9. The van der Waals surface area contributed by atoms with Crippen LogP contribution in [-0.4, -0.2) is 31.2 Å². The summed E-state index contributed by atoms with van der Waals surface area (Å²) < 4.78 is 5.05. The summed E-state index contributed by atoms with van der Waals surface area (Å²) in [4.78, 5) is 23.1. The second-order valence-corrected chi connectivity index (χ2v) is 4.54. The average molecular weight is 291 g/mol. The van der Waals surface area contributed by atoms with Crippen LogP contribution in [0.1, 0.15) is 25.8 Å². The second kappa shape index (κ2) is 8.73. The first-order valence-electron chi connectivity index (χ1n) is 6.76. The number of amides is 2. The molecule has 0 saturated heterocycles. The van der Waals surface area contributed by atoms with Crippen LogP contribution in [0, 0.1) is 0 Å². The summed E-state index contributed by atoms with van der Waals surface area (Å²) in [5, 5.41) is 6.58. The number of rotatable bonds is 7. The van der Waals surface area contributed by atoms with Crippen molar-refractivity contribution in [3.63, 3.8) is 0 Å². The van der Waals surface area contributed by atoms with E-state index in [0.29, 0.717) is 12.3 Å². The van der Waals surface area contributed by atoms with E-state index in [1.54, 1.807) is 26.2 Å². The molecule has 0 fully saturated rings. The fourth-order valence-corrected chi connectivity index (χ4v) is 1.66. The van der Waals surface area contributed by atoms with Gasteiger partial charge >= 0.3 is 0 Å². The first-order chi connectivity index (χ1) is 10.0. The Balaban J connectivity index is 2.43. The molecule has 1 aromatic carbocycles. The van der Waals surface area contributed by atoms with E-state index in [1.165, 1.54) is 0 Å². The van der Waals surface area contributed by atoms with E-state index in [9.17, 15) is 9.59 Å². The molecule has 6 heteroatoms. The van der Waals surface area contributed by atoms with Gasteiger partial charge in [-0.2, -0.15) is 5.10 Å². The van der Waals surface area contributed by atoms with Crippen LogP contribution in [0.4, 0.5) is 0 Å². The van der Waals surface area contributed by atoms with Crippen molar-refractivity contribution in [2.75, 3.05) is 13.7 Å². The van der Waals surface area contributed by atoms with Crippen LogP contribution < -0.4 is 15.5 Å². The van der Waals surface area contributed by atoms with Gasteiger partial charge in [-0.05, 0) is 31.5 Å². The van der Waals surface area contributed by atoms with Crippen molar-refractivity contribution in [3.8, 4) is 5.75 Å². The summed E-state index contributed by atoms with van der Waals surface area (Å²) in [5.41, 5.74) is 3.87. The minimum Gasteiger partial charge on any atom is -0.497 e. The van der Waals surface area contributed by atoms with Gasteiger partial charge in [0.15, 0.2) is 0 Å². The highest BCUT2D eigenvalue weighted by Crippen LogP contribution is 2.11. The Morgan fingerprint density at radius 1 is 1.19 bits per heavy atom. The van der Waals surface area contributed by atoms with Crippen molar-refractivity contribution in [2.45, 2.75) is 26.7 Å². The van der Waals surface area contributed by atoms with Crippen LogP contribution in [0.3, 0.4) is 0 Å². The molecule has 21 heavy (non-hydrogen) atoms. The lowest BCUT2D eigenvalue weighted by Gasteiger charge is -2.04. The largest absolute Gasteiger partial charge is 0.497 e. The van der Waals surface area contributed by atoms with Crippen LogP contribution >= 0.6 is 0 Å². The monoisotopic (exact) mass is 291 g/mol. The molecule has 114 valence electrons. The van der Waals surface area contributed by atoms with Crippen LogP contribution in [0.25, 0.3) is 0 Å². The minimum absolute atomic E-state index is 0.108. The zero-order chi connectivity index (χ0) is 15.7. The van der Waals surface area contributed by atoms with Gasteiger partial charge < -0.3 is 10.1 Å². The Morgan fingerprint density at radius 3 is 2.43 bits per heavy atom. The summed E-state index contributed by atoms with van der Waals surface area (Å²) >= 11 is 0. The highest BCUT2D eigenvalue weighted by atomic mass is 16.5. The highest BCUT2D eigenvalue weighted by Gasteiger charge is 2.05. The Labute approximate surface area is 124 Å². The first-order valence-corrected chi connectivity index (χ1v) is 6.76. The maximum Gasteiger partial charge on any atom is 0.244 e. The second-order valence-electron chi connectivity index (χ2n) is 4.54. The number of benzene rings is 1. The van der Waals surface area contributed by atoms with Crippen molar-refractivity contribution >= 4 is 17.5 Å². The molecule has 0 radical (unpaired) electrons. The smallest absolute Gasteiger partial charge is 0.244 e. The standard InChI is InChI=1S/C15H21N3O3/c1-4-16-14(19)9-11(2)17-18-15(20)10-12-5-7-13(21-3)8-6-12/h5-8H,4,9-10H2,1-3H3,(H,16,19)(H,18,20)/b17-11+. The van der Waals surface area contributed by atoms with Gasteiger partial charge in [-0.3, -0.25) is 9.59 Å². The summed E-state index contributed by atoms with van der Waals surface area (Å²) in [7, 11) is 1.59. The maximum atomic E-state index is 11.7. The minimum atomic E-state index is -0.226. The molecular formula is C15H21N3O3. The zero-order valence-electron chi connectivity index (χ0n) is 12.6. The van der Waals surface area contributed by atoms with Gasteiger partial charge in [0.2, 0.25) is 11.8 Å². The third-order valence-corrected chi connectivity index (χ3v) is 2.69. The topological polar surface area (TPSA) is 79.8 Å². The lowest BCUT2D eigenvalue weighted by Crippen LogP contribution is -2.26. The number of carbonyl (C=O) groups is 2. The molecule has 2 amide bonds. The van der Waals surface area contributed by atoms with Gasteiger partial charge in [0.1, 0.15) is 5.75 Å². The molecule has 1 rings (SSSR count). The van der Waals surface area contributed by atoms with E-state index < -0.39 is 0 Å². The molecule has 0 aliphatic carbocycles. The molecular weight excluding hydrogens is 270 g/mol. The summed E-state index contributed by atoms with van der Waals surface area (Å²) in [5.74, 6) is 0.411. The number of methoxy groups -OCH3 is 1. The molecule has 0 bridgehead atoms. The van der Waals surface area contributed by atoms with Crippen LogP contribution in [0.2, 0.25) is 0 Å². The molecule has 0 atom stereocenters. The molecule has 0 heterocycles. The summed E-state index contributed by atoms with van der Waals surface area (Å²) in [6, 6.07) is 7.24. The van der Waals surface area contributed by atoms with E-state index in [0.717, 1.165) is 11.3 Å². The van der Waals surface area contributed by atoms with Gasteiger partial charge in [-0.15, -0.1) is 0 Å². The van der Waals surface area contributed by atoms with Gasteiger partial charge in [0.25, 0.3) is 0 Å². The number of nitrogens with zero attached hydrogens (tertiary/aromatic N) is 1. The Morgan fingerprint density at radius 2 is 1.86 bits per heavy atom. The lowest BCUT2D eigenvalue weighted by molar-refractivity contribution is -0.121. The summed E-state index contributed by atoms with van der Waals surface area (Å²) in [6.07, 6.45) is 0.401. The van der Waals surface area contributed by atoms with E-state index in [-0.39, 0.29) is 24.7 Å². The predicted octanol–water partition coefficient (Wildman–Crippen LogP) is 1.26. The highest BCUT2D eigenvalue weighted by molar-refractivity contribution is 6.00. The van der Waals surface area contributed by atoms with Crippen LogP contribution in [0.5, 0.6) is 5.75 Å². The molecule has 0 saturated carbocycles. The number of hydrogen-bond acceptors (Lipinski definition) is 4. The third-order valence-electron chi connectivity index (χ3n) is 2.69. The van der Waals surface area contributed by atoms with Crippen molar-refractivity contribution in [1.29, 1.82) is 0 Å². The van der Waals surface area contributed by atoms with Gasteiger partial charge in [-0.1, -0.05) is 12.1 Å². The molecule has 0 aliphatic rings. The van der Waals surface area contributed by atoms with E-state index in [4.69, 9.17) is 4.74 Å². The number of carbonyl (C=O) groups excluding carboxylic acids is 2. The average Bonchev–Trinajstić information content (AvgIpc) is 2.46. The van der Waals surface area contributed by atoms with Crippen molar-refractivity contribution < 1.29 is 14.3 Å². The van der Waals surface area contributed by atoms with Crippen molar-refractivity contribution in [1.82, 2.24) is 10.7 Å². The molecule has 6 nitrogen and oxygen atoms in total. The van der Waals surface area contributed by atoms with E-state index in [1.807, 2.05) is 19.1 Å². The van der Waals surface area contributed by atoms with Gasteiger partial charge in [0, 0.05) is 12.3 Å². The molecule has 1 aromatic rings. The van der Waals surface area contributed by atoms with Crippen LogP contribution in [0.15, 0.2) is 29.4 Å². The Bertz CT molecular complexity index is 509. The molecule has 0 aromatic heterocycles. The Hall–Kier alpha value is -2.37. The summed E-state index contributed by atoms with van der Waals surface area (Å²) in [6.45, 7) is 4.12. The maximum absolute atomic E-state index is 11.7. The predicted molar refractivity (Wildman–Crippen MR) is 81.3 cm³/mol. The van der Waals surface area contributed by atoms with Crippen molar-refractivity contribution in [2.24, 2.45) is 5.10 Å². The molecule has 0 spiro atoms. The number of ether oxygens (including phenoxy) is 1. The fourth-order valence-electron chi connectivity index (χ4n) is 1.66. The molecule has 0 unspecified atom stereocenters.